The Hall–Kier alpha value is -1.96. The first-order chi connectivity index (χ1) is 8.47. The van der Waals surface area contributed by atoms with Gasteiger partial charge in [0.2, 0.25) is 5.82 Å². The van der Waals surface area contributed by atoms with Crippen LogP contribution >= 0.6 is 0 Å². The maximum Gasteiger partial charge on any atom is 0.332 e. The molecule has 18 heavy (non-hydrogen) atoms. The molecule has 0 saturated carbocycles. The zero-order valence-corrected chi connectivity index (χ0v) is 9.26. The SMILES string of the molecule is O=C(O)C1CCC(Cn2cc(F)c(=O)[nH]c2=O)O1. The van der Waals surface area contributed by atoms with Crippen LogP contribution in [-0.4, -0.2) is 32.8 Å². The fourth-order valence-corrected chi connectivity index (χ4v) is 1.86. The van der Waals surface area contributed by atoms with Crippen molar-refractivity contribution < 1.29 is 19.0 Å². The average Bonchev–Trinajstić information content (AvgIpc) is 2.74. The number of aromatic nitrogens is 2. The second kappa shape index (κ2) is 4.73. The highest BCUT2D eigenvalue weighted by Gasteiger charge is 2.30. The van der Waals surface area contributed by atoms with E-state index in [0.29, 0.717) is 12.8 Å². The Morgan fingerprint density at radius 3 is 2.89 bits per heavy atom. The number of halogens is 1. The predicted molar refractivity (Wildman–Crippen MR) is 56.8 cm³/mol. The minimum absolute atomic E-state index is 0.0102. The Morgan fingerprint density at radius 2 is 2.28 bits per heavy atom. The van der Waals surface area contributed by atoms with E-state index < -0.39 is 35.2 Å². The third kappa shape index (κ3) is 2.48. The van der Waals surface area contributed by atoms with Crippen molar-refractivity contribution in [3.05, 3.63) is 32.9 Å². The van der Waals surface area contributed by atoms with Crippen LogP contribution in [0.1, 0.15) is 12.8 Å². The van der Waals surface area contributed by atoms with Gasteiger partial charge in [0, 0.05) is 0 Å². The second-order valence-corrected chi connectivity index (χ2v) is 4.05. The van der Waals surface area contributed by atoms with Crippen molar-refractivity contribution >= 4 is 5.97 Å². The predicted octanol–water partition coefficient (Wildman–Crippen LogP) is -0.692. The first kappa shape index (κ1) is 12.5. The van der Waals surface area contributed by atoms with Crippen LogP contribution in [0.4, 0.5) is 4.39 Å². The molecule has 2 N–H and O–H groups in total. The zero-order valence-electron chi connectivity index (χ0n) is 9.26. The largest absolute Gasteiger partial charge is 0.479 e. The van der Waals surface area contributed by atoms with Gasteiger partial charge in [-0.25, -0.2) is 9.59 Å². The van der Waals surface area contributed by atoms with Gasteiger partial charge in [-0.2, -0.15) is 4.39 Å². The highest BCUT2D eigenvalue weighted by atomic mass is 19.1. The normalized spacial score (nSPS) is 23.2. The molecule has 0 radical (unpaired) electrons. The van der Waals surface area contributed by atoms with E-state index in [9.17, 15) is 18.8 Å². The van der Waals surface area contributed by atoms with Crippen LogP contribution in [0, 0.1) is 5.82 Å². The van der Waals surface area contributed by atoms with Crippen LogP contribution in [-0.2, 0) is 16.1 Å². The van der Waals surface area contributed by atoms with E-state index in [1.807, 2.05) is 4.98 Å². The van der Waals surface area contributed by atoms with E-state index in [4.69, 9.17) is 9.84 Å². The molecule has 0 amide bonds. The lowest BCUT2D eigenvalue weighted by Gasteiger charge is -2.12. The Bertz CT molecular complexity index is 578. The van der Waals surface area contributed by atoms with Crippen LogP contribution in [0.5, 0.6) is 0 Å². The number of aromatic amines is 1. The molecule has 98 valence electrons. The zero-order chi connectivity index (χ0) is 13.3. The molecule has 1 fully saturated rings. The van der Waals surface area contributed by atoms with Crippen molar-refractivity contribution in [2.75, 3.05) is 0 Å². The summed E-state index contributed by atoms with van der Waals surface area (Å²) < 4.78 is 19.1. The van der Waals surface area contributed by atoms with Crippen molar-refractivity contribution in [1.82, 2.24) is 9.55 Å². The number of aliphatic carboxylic acids is 1. The molecule has 0 bridgehead atoms. The maximum absolute atomic E-state index is 13.0. The summed E-state index contributed by atoms with van der Waals surface area (Å²) in [5.74, 6) is -2.13. The summed E-state index contributed by atoms with van der Waals surface area (Å²) in [5, 5.41) is 8.73. The van der Waals surface area contributed by atoms with Gasteiger partial charge < -0.3 is 9.84 Å². The van der Waals surface area contributed by atoms with Gasteiger partial charge in [0.15, 0.2) is 6.10 Å². The van der Waals surface area contributed by atoms with Gasteiger partial charge in [-0.3, -0.25) is 14.3 Å². The smallest absolute Gasteiger partial charge is 0.332 e. The van der Waals surface area contributed by atoms with Crippen LogP contribution in [0.2, 0.25) is 0 Å². The van der Waals surface area contributed by atoms with Gasteiger partial charge in [-0.15, -0.1) is 0 Å². The number of H-pyrrole nitrogens is 1. The van der Waals surface area contributed by atoms with Crippen molar-refractivity contribution in [2.45, 2.75) is 31.6 Å². The Labute approximate surface area is 99.8 Å². The molecule has 0 aliphatic carbocycles. The van der Waals surface area contributed by atoms with Gasteiger partial charge in [0.05, 0.1) is 18.8 Å². The monoisotopic (exact) mass is 258 g/mol. The molecule has 2 atom stereocenters. The van der Waals surface area contributed by atoms with E-state index in [1.54, 1.807) is 0 Å². The molecule has 2 heterocycles. The highest BCUT2D eigenvalue weighted by Crippen LogP contribution is 2.20. The fraction of sp³-hybridized carbons (Fsp3) is 0.500. The summed E-state index contributed by atoms with van der Waals surface area (Å²) in [6.45, 7) is 0.0102. The number of rotatable bonds is 3. The quantitative estimate of drug-likeness (QED) is 0.747. The van der Waals surface area contributed by atoms with E-state index >= 15 is 0 Å². The second-order valence-electron chi connectivity index (χ2n) is 4.05. The standard InChI is InChI=1S/C10H11FN2O5/c11-6-4-13(10(17)12-8(6)14)3-5-1-2-7(18-5)9(15)16/h4-5,7H,1-3H2,(H,15,16)(H,12,14,17). The number of carboxylic acids is 1. The van der Waals surface area contributed by atoms with Gasteiger partial charge in [0.25, 0.3) is 5.56 Å². The van der Waals surface area contributed by atoms with E-state index in [0.717, 1.165) is 10.8 Å². The number of ether oxygens (including phenoxy) is 1. The van der Waals surface area contributed by atoms with E-state index in [2.05, 4.69) is 0 Å². The highest BCUT2D eigenvalue weighted by molar-refractivity contribution is 5.72. The maximum atomic E-state index is 13.0. The van der Waals surface area contributed by atoms with Crippen LogP contribution in [0.25, 0.3) is 0 Å². The molecule has 1 aromatic rings. The fourth-order valence-electron chi connectivity index (χ4n) is 1.86. The minimum atomic E-state index is -1.08. The number of nitrogens with one attached hydrogen (secondary N) is 1. The third-order valence-electron chi connectivity index (χ3n) is 2.75. The lowest BCUT2D eigenvalue weighted by molar-refractivity contribution is -0.149. The van der Waals surface area contributed by atoms with Gasteiger partial charge in [-0.1, -0.05) is 0 Å². The van der Waals surface area contributed by atoms with Crippen molar-refractivity contribution in [3.63, 3.8) is 0 Å². The summed E-state index contributed by atoms with van der Waals surface area (Å²) in [4.78, 5) is 34.7. The summed E-state index contributed by atoms with van der Waals surface area (Å²) in [6, 6.07) is 0. The molecular formula is C10H11FN2O5. The molecule has 7 nitrogen and oxygen atoms in total. The first-order valence-corrected chi connectivity index (χ1v) is 5.35. The van der Waals surface area contributed by atoms with E-state index in [-0.39, 0.29) is 6.54 Å². The lowest BCUT2D eigenvalue weighted by Crippen LogP contribution is -2.34. The van der Waals surface area contributed by atoms with Crippen LogP contribution in [0.15, 0.2) is 15.8 Å². The summed E-state index contributed by atoms with van der Waals surface area (Å²) in [6.07, 6.45) is 0.232. The topological polar surface area (TPSA) is 101 Å². The van der Waals surface area contributed by atoms with Crippen molar-refractivity contribution in [1.29, 1.82) is 0 Å². The Morgan fingerprint density at radius 1 is 1.56 bits per heavy atom. The minimum Gasteiger partial charge on any atom is -0.479 e. The van der Waals surface area contributed by atoms with Crippen LogP contribution in [0.3, 0.4) is 0 Å². The Balaban J connectivity index is 2.12. The number of hydrogen-bond donors (Lipinski definition) is 2. The third-order valence-corrected chi connectivity index (χ3v) is 2.75. The summed E-state index contributed by atoms with van der Waals surface area (Å²) in [5.41, 5.74) is -1.82. The number of hydrogen-bond acceptors (Lipinski definition) is 4. The molecule has 2 unspecified atom stereocenters. The molecule has 1 aliphatic heterocycles. The molecule has 1 aliphatic rings. The molecule has 0 spiro atoms. The molecule has 8 heteroatoms. The molecule has 1 saturated heterocycles. The lowest BCUT2D eigenvalue weighted by atomic mass is 10.2. The van der Waals surface area contributed by atoms with Crippen molar-refractivity contribution in [2.24, 2.45) is 0 Å². The van der Waals surface area contributed by atoms with Gasteiger partial charge in [-0.05, 0) is 12.8 Å². The number of nitrogens with zero attached hydrogens (tertiary/aromatic N) is 1. The Kier molecular flexibility index (Phi) is 3.28. The van der Waals surface area contributed by atoms with E-state index in [1.165, 1.54) is 0 Å². The molecular weight excluding hydrogens is 247 g/mol. The molecule has 0 aromatic carbocycles. The summed E-state index contributed by atoms with van der Waals surface area (Å²) >= 11 is 0. The molecule has 1 aromatic heterocycles. The summed E-state index contributed by atoms with van der Waals surface area (Å²) in [7, 11) is 0. The van der Waals surface area contributed by atoms with Crippen molar-refractivity contribution in [3.8, 4) is 0 Å². The number of carbonyl (C=O) groups is 1. The number of carboxylic acid groups (broad SMARTS) is 1. The molecule has 2 rings (SSSR count). The van der Waals surface area contributed by atoms with Crippen LogP contribution < -0.4 is 11.2 Å². The average molecular weight is 258 g/mol. The van der Waals surface area contributed by atoms with Gasteiger partial charge >= 0.3 is 11.7 Å². The van der Waals surface area contributed by atoms with Gasteiger partial charge in [0.1, 0.15) is 0 Å². The first-order valence-electron chi connectivity index (χ1n) is 5.35.